The van der Waals surface area contributed by atoms with E-state index in [4.69, 9.17) is 4.74 Å². The fraction of sp³-hybridized carbons (Fsp3) is 0.435. The van der Waals surface area contributed by atoms with Crippen molar-refractivity contribution in [1.82, 2.24) is 24.8 Å². The molecule has 0 unspecified atom stereocenters. The number of hydrogen-bond acceptors (Lipinski definition) is 5. The van der Waals surface area contributed by atoms with E-state index in [0.29, 0.717) is 38.0 Å². The van der Waals surface area contributed by atoms with Gasteiger partial charge in [0.1, 0.15) is 0 Å². The van der Waals surface area contributed by atoms with Crippen LogP contribution < -0.4 is 0 Å². The Hall–Kier alpha value is -2.77. The zero-order valence-corrected chi connectivity index (χ0v) is 17.1. The van der Waals surface area contributed by atoms with Crippen molar-refractivity contribution in [2.75, 3.05) is 39.4 Å². The normalized spacial score (nSPS) is 18.7. The summed E-state index contributed by atoms with van der Waals surface area (Å²) in [5.41, 5.74) is 1.82. The lowest BCUT2D eigenvalue weighted by Gasteiger charge is -2.32. The van der Waals surface area contributed by atoms with Crippen molar-refractivity contribution in [1.29, 1.82) is 0 Å². The zero-order chi connectivity index (χ0) is 20.3. The summed E-state index contributed by atoms with van der Waals surface area (Å²) in [6, 6.07) is 15.4. The zero-order valence-electron chi connectivity index (χ0n) is 17.1. The number of hydrogen-bond donors (Lipinski definition) is 0. The van der Waals surface area contributed by atoms with E-state index in [0.717, 1.165) is 32.5 Å². The number of carbonyl (C=O) groups is 1. The van der Waals surface area contributed by atoms with Crippen LogP contribution in [0.3, 0.4) is 0 Å². The van der Waals surface area contributed by atoms with Crippen LogP contribution in [0.4, 0.5) is 0 Å². The summed E-state index contributed by atoms with van der Waals surface area (Å²) in [6.45, 7) is 5.42. The van der Waals surface area contributed by atoms with Gasteiger partial charge in [-0.15, -0.1) is 5.10 Å². The SMILES string of the molecule is O=C(c1cn(C2CCN(Cc3cccc4ccccc34)CC2)nn1)N1CCOCC1. The Labute approximate surface area is 176 Å². The summed E-state index contributed by atoms with van der Waals surface area (Å²) in [7, 11) is 0. The van der Waals surface area contributed by atoms with Gasteiger partial charge in [-0.1, -0.05) is 47.7 Å². The third-order valence-corrected chi connectivity index (χ3v) is 6.23. The summed E-state index contributed by atoms with van der Waals surface area (Å²) in [5, 5.41) is 11.1. The average molecular weight is 406 g/mol. The van der Waals surface area contributed by atoms with E-state index in [1.807, 2.05) is 10.9 Å². The van der Waals surface area contributed by atoms with Gasteiger partial charge in [0.15, 0.2) is 5.69 Å². The molecule has 7 nitrogen and oxygen atoms in total. The van der Waals surface area contributed by atoms with Gasteiger partial charge in [-0.2, -0.15) is 0 Å². The van der Waals surface area contributed by atoms with E-state index in [1.54, 1.807) is 4.90 Å². The second kappa shape index (κ2) is 8.53. The molecule has 2 aliphatic rings. The Morgan fingerprint density at radius 2 is 1.77 bits per heavy atom. The molecule has 0 atom stereocenters. The van der Waals surface area contributed by atoms with E-state index in [-0.39, 0.29) is 5.91 Å². The third-order valence-electron chi connectivity index (χ3n) is 6.23. The number of amides is 1. The van der Waals surface area contributed by atoms with Crippen LogP contribution in [0.1, 0.15) is 34.9 Å². The first-order chi connectivity index (χ1) is 14.8. The summed E-state index contributed by atoms with van der Waals surface area (Å²) < 4.78 is 7.21. The van der Waals surface area contributed by atoms with E-state index in [1.165, 1.54) is 16.3 Å². The van der Waals surface area contributed by atoms with Gasteiger partial charge in [-0.05, 0) is 29.2 Å². The number of carbonyl (C=O) groups excluding carboxylic acids is 1. The van der Waals surface area contributed by atoms with Crippen molar-refractivity contribution in [3.8, 4) is 0 Å². The molecular formula is C23H27N5O2. The molecule has 5 rings (SSSR count). The molecule has 0 aliphatic carbocycles. The van der Waals surface area contributed by atoms with Gasteiger partial charge in [0.05, 0.1) is 25.5 Å². The molecule has 0 spiro atoms. The molecule has 7 heteroatoms. The minimum atomic E-state index is -0.0436. The molecule has 3 aromatic rings. The first-order valence-electron chi connectivity index (χ1n) is 10.8. The molecule has 1 amide bonds. The van der Waals surface area contributed by atoms with Crippen molar-refractivity contribution in [2.24, 2.45) is 0 Å². The van der Waals surface area contributed by atoms with Crippen LogP contribution in [0.5, 0.6) is 0 Å². The Bertz CT molecular complexity index is 1010. The van der Waals surface area contributed by atoms with Crippen LogP contribution in [0, 0.1) is 0 Å². The predicted molar refractivity (Wildman–Crippen MR) is 114 cm³/mol. The van der Waals surface area contributed by atoms with Gasteiger partial charge >= 0.3 is 0 Å². The highest BCUT2D eigenvalue weighted by molar-refractivity contribution is 5.92. The summed E-state index contributed by atoms with van der Waals surface area (Å²) in [5.74, 6) is -0.0436. The quantitative estimate of drug-likeness (QED) is 0.668. The lowest BCUT2D eigenvalue weighted by atomic mass is 10.0. The predicted octanol–water partition coefficient (Wildman–Crippen LogP) is 2.74. The minimum Gasteiger partial charge on any atom is -0.378 e. The number of likely N-dealkylation sites (tertiary alicyclic amines) is 1. The first-order valence-corrected chi connectivity index (χ1v) is 10.8. The van der Waals surface area contributed by atoms with Crippen LogP contribution >= 0.6 is 0 Å². The fourth-order valence-electron chi connectivity index (χ4n) is 4.49. The van der Waals surface area contributed by atoms with E-state index in [9.17, 15) is 4.79 Å². The smallest absolute Gasteiger partial charge is 0.276 e. The number of ether oxygens (including phenoxy) is 1. The average Bonchev–Trinajstić information content (AvgIpc) is 3.30. The largest absolute Gasteiger partial charge is 0.378 e. The maximum atomic E-state index is 12.6. The minimum absolute atomic E-state index is 0.0436. The molecule has 0 N–H and O–H groups in total. The molecule has 2 fully saturated rings. The molecule has 30 heavy (non-hydrogen) atoms. The maximum absolute atomic E-state index is 12.6. The number of benzene rings is 2. The molecule has 2 saturated heterocycles. The molecule has 0 bridgehead atoms. The molecule has 156 valence electrons. The van der Waals surface area contributed by atoms with Gasteiger partial charge in [-0.25, -0.2) is 4.68 Å². The topological polar surface area (TPSA) is 63.5 Å². The summed E-state index contributed by atoms with van der Waals surface area (Å²) >= 11 is 0. The van der Waals surface area contributed by atoms with Gasteiger partial charge in [0.25, 0.3) is 5.91 Å². The summed E-state index contributed by atoms with van der Waals surface area (Å²) in [4.78, 5) is 16.9. The highest BCUT2D eigenvalue weighted by Crippen LogP contribution is 2.25. The lowest BCUT2D eigenvalue weighted by molar-refractivity contribution is 0.0299. The van der Waals surface area contributed by atoms with Crippen molar-refractivity contribution < 1.29 is 9.53 Å². The molecule has 0 saturated carbocycles. The summed E-state index contributed by atoms with van der Waals surface area (Å²) in [6.07, 6.45) is 3.85. The second-order valence-electron chi connectivity index (χ2n) is 8.13. The Morgan fingerprint density at radius 3 is 2.60 bits per heavy atom. The van der Waals surface area contributed by atoms with Crippen molar-refractivity contribution in [2.45, 2.75) is 25.4 Å². The Balaban J connectivity index is 1.20. The maximum Gasteiger partial charge on any atom is 0.276 e. The number of morpholine rings is 1. The molecule has 3 heterocycles. The van der Waals surface area contributed by atoms with Crippen LogP contribution in [-0.4, -0.2) is 70.1 Å². The van der Waals surface area contributed by atoms with Crippen molar-refractivity contribution in [3.63, 3.8) is 0 Å². The van der Waals surface area contributed by atoms with Gasteiger partial charge in [0, 0.05) is 32.7 Å². The van der Waals surface area contributed by atoms with E-state index >= 15 is 0 Å². The Morgan fingerprint density at radius 1 is 1.00 bits per heavy atom. The molecule has 2 aromatic carbocycles. The van der Waals surface area contributed by atoms with Crippen molar-refractivity contribution >= 4 is 16.7 Å². The fourth-order valence-corrected chi connectivity index (χ4v) is 4.49. The van der Waals surface area contributed by atoms with Crippen LogP contribution in [0.15, 0.2) is 48.7 Å². The van der Waals surface area contributed by atoms with Gasteiger partial charge in [-0.3, -0.25) is 9.69 Å². The second-order valence-corrected chi connectivity index (χ2v) is 8.13. The van der Waals surface area contributed by atoms with Gasteiger partial charge < -0.3 is 9.64 Å². The lowest BCUT2D eigenvalue weighted by Crippen LogP contribution is -2.40. The first kappa shape index (κ1) is 19.2. The number of nitrogens with zero attached hydrogens (tertiary/aromatic N) is 5. The standard InChI is InChI=1S/C23H27N5O2/c29-23(27-12-14-30-15-13-27)22-17-28(25-24-22)20-8-10-26(11-9-20)16-19-6-3-5-18-4-1-2-7-21(18)19/h1-7,17,20H,8-16H2. The number of rotatable bonds is 4. The van der Waals surface area contributed by atoms with E-state index < -0.39 is 0 Å². The third kappa shape index (κ3) is 3.95. The molecule has 0 radical (unpaired) electrons. The van der Waals surface area contributed by atoms with Crippen LogP contribution in [-0.2, 0) is 11.3 Å². The molecule has 2 aliphatic heterocycles. The highest BCUT2D eigenvalue weighted by atomic mass is 16.5. The highest BCUT2D eigenvalue weighted by Gasteiger charge is 2.25. The Kier molecular flexibility index (Phi) is 5.46. The number of fused-ring (bicyclic) bond motifs is 1. The monoisotopic (exact) mass is 405 g/mol. The van der Waals surface area contributed by atoms with Gasteiger partial charge in [0.2, 0.25) is 0 Å². The van der Waals surface area contributed by atoms with Crippen molar-refractivity contribution in [3.05, 3.63) is 59.9 Å². The van der Waals surface area contributed by atoms with E-state index in [2.05, 4.69) is 57.7 Å². The van der Waals surface area contributed by atoms with Crippen LogP contribution in [0.25, 0.3) is 10.8 Å². The number of aromatic nitrogens is 3. The van der Waals surface area contributed by atoms with Crippen LogP contribution in [0.2, 0.25) is 0 Å². The molecular weight excluding hydrogens is 378 g/mol. The molecule has 1 aromatic heterocycles. The number of piperidine rings is 1.